The number of nitrogens with one attached hydrogen (secondary N) is 2. The molecule has 0 fully saturated rings. The lowest BCUT2D eigenvalue weighted by Gasteiger charge is -2.23. The number of sulfonamides is 1. The van der Waals surface area contributed by atoms with Crippen molar-refractivity contribution in [3.05, 3.63) is 53.6 Å². The van der Waals surface area contributed by atoms with Crippen LogP contribution in [-0.2, 0) is 14.8 Å². The first kappa shape index (κ1) is 20.9. The minimum atomic E-state index is -3.80. The Morgan fingerprint density at radius 2 is 1.81 bits per heavy atom. The van der Waals surface area contributed by atoms with Crippen LogP contribution in [0.15, 0.2) is 47.4 Å². The van der Waals surface area contributed by atoms with Crippen LogP contribution in [0.25, 0.3) is 0 Å². The number of hydrogen-bond acceptors (Lipinski definition) is 4. The van der Waals surface area contributed by atoms with Gasteiger partial charge in [-0.3, -0.25) is 9.52 Å². The molecule has 146 valence electrons. The van der Waals surface area contributed by atoms with Crippen LogP contribution in [0.4, 0.5) is 11.4 Å². The summed E-state index contributed by atoms with van der Waals surface area (Å²) in [5.74, 6) is -0.344. The molecule has 1 amide bonds. The Balaban J connectivity index is 2.30. The lowest BCUT2D eigenvalue weighted by Crippen LogP contribution is -2.48. The van der Waals surface area contributed by atoms with Crippen molar-refractivity contribution in [2.75, 3.05) is 10.0 Å². The van der Waals surface area contributed by atoms with E-state index in [9.17, 15) is 13.2 Å². The zero-order valence-corrected chi connectivity index (χ0v) is 17.0. The predicted molar refractivity (Wildman–Crippen MR) is 109 cm³/mol. The van der Waals surface area contributed by atoms with Gasteiger partial charge in [-0.1, -0.05) is 31.5 Å². The Hall–Kier alpha value is -2.38. The number of carbonyl (C=O) groups excluding carboxylic acids is 1. The molecule has 1 atom stereocenters. The molecule has 0 aromatic heterocycles. The Morgan fingerprint density at radius 1 is 1.11 bits per heavy atom. The van der Waals surface area contributed by atoms with Crippen LogP contribution >= 0.6 is 0 Å². The van der Waals surface area contributed by atoms with E-state index >= 15 is 0 Å². The molecule has 2 aromatic carbocycles. The van der Waals surface area contributed by atoms with Crippen molar-refractivity contribution < 1.29 is 13.2 Å². The highest BCUT2D eigenvalue weighted by molar-refractivity contribution is 7.92. The van der Waals surface area contributed by atoms with Crippen LogP contribution in [0.2, 0.25) is 0 Å². The standard InChI is InChI=1S/C20H27N3O3S/c1-5-11-20(4,21)19(24)22-16-10-9-15(3)18(13-16)27(25,26)23-17-8-6-7-14(2)12-17/h6-10,12-13,23H,5,11,21H2,1-4H3,(H,22,24). The van der Waals surface area contributed by atoms with E-state index in [4.69, 9.17) is 5.73 Å². The first-order valence-electron chi connectivity index (χ1n) is 8.85. The van der Waals surface area contributed by atoms with E-state index in [1.807, 2.05) is 19.9 Å². The average molecular weight is 390 g/mol. The normalized spacial score (nSPS) is 13.7. The fraction of sp³-hybridized carbons (Fsp3) is 0.350. The number of nitrogens with two attached hydrogens (primary N) is 1. The molecule has 0 bridgehead atoms. The first-order chi connectivity index (χ1) is 12.5. The molecule has 0 saturated heterocycles. The number of hydrogen-bond donors (Lipinski definition) is 3. The second-order valence-corrected chi connectivity index (χ2v) is 8.73. The molecule has 4 N–H and O–H groups in total. The number of rotatable bonds is 7. The maximum Gasteiger partial charge on any atom is 0.262 e. The summed E-state index contributed by atoms with van der Waals surface area (Å²) in [6.45, 7) is 7.21. The van der Waals surface area contributed by atoms with Gasteiger partial charge in [0.2, 0.25) is 5.91 Å². The molecule has 6 nitrogen and oxygen atoms in total. The third-order valence-electron chi connectivity index (χ3n) is 4.29. The minimum Gasteiger partial charge on any atom is -0.324 e. The molecule has 0 aliphatic rings. The molecule has 0 saturated carbocycles. The number of amides is 1. The maximum absolute atomic E-state index is 12.8. The number of carbonyl (C=O) groups is 1. The highest BCUT2D eigenvalue weighted by Crippen LogP contribution is 2.24. The quantitative estimate of drug-likeness (QED) is 0.674. The molecule has 2 rings (SSSR count). The van der Waals surface area contributed by atoms with Gasteiger partial charge in [-0.05, 0) is 62.6 Å². The Labute approximate surface area is 161 Å². The van der Waals surface area contributed by atoms with E-state index in [0.29, 0.717) is 23.4 Å². The first-order valence-corrected chi connectivity index (χ1v) is 10.3. The Kier molecular flexibility index (Phi) is 6.28. The van der Waals surface area contributed by atoms with Crippen molar-refractivity contribution in [3.63, 3.8) is 0 Å². The number of anilines is 2. The zero-order valence-electron chi connectivity index (χ0n) is 16.2. The van der Waals surface area contributed by atoms with Gasteiger partial charge in [0, 0.05) is 11.4 Å². The van der Waals surface area contributed by atoms with Gasteiger partial charge in [-0.15, -0.1) is 0 Å². The summed E-state index contributed by atoms with van der Waals surface area (Å²) >= 11 is 0. The zero-order chi connectivity index (χ0) is 20.2. The Morgan fingerprint density at radius 3 is 2.44 bits per heavy atom. The largest absolute Gasteiger partial charge is 0.324 e. The summed E-state index contributed by atoms with van der Waals surface area (Å²) < 4.78 is 28.2. The summed E-state index contributed by atoms with van der Waals surface area (Å²) in [7, 11) is -3.80. The molecule has 1 unspecified atom stereocenters. The number of benzene rings is 2. The Bertz CT molecular complexity index is 937. The predicted octanol–water partition coefficient (Wildman–Crippen LogP) is 3.56. The van der Waals surface area contributed by atoms with Crippen LogP contribution in [0.5, 0.6) is 0 Å². The van der Waals surface area contributed by atoms with Crippen molar-refractivity contribution in [2.45, 2.75) is 51.0 Å². The van der Waals surface area contributed by atoms with Gasteiger partial charge in [0.05, 0.1) is 10.4 Å². The van der Waals surface area contributed by atoms with Gasteiger partial charge >= 0.3 is 0 Å². The van der Waals surface area contributed by atoms with Gasteiger partial charge in [0.1, 0.15) is 0 Å². The molecule has 7 heteroatoms. The third kappa shape index (κ3) is 5.30. The lowest BCUT2D eigenvalue weighted by atomic mass is 9.96. The van der Waals surface area contributed by atoms with E-state index in [-0.39, 0.29) is 10.8 Å². The van der Waals surface area contributed by atoms with Crippen molar-refractivity contribution in [3.8, 4) is 0 Å². The van der Waals surface area contributed by atoms with Gasteiger partial charge in [-0.2, -0.15) is 0 Å². The van der Waals surface area contributed by atoms with Gasteiger partial charge in [0.15, 0.2) is 0 Å². The summed E-state index contributed by atoms with van der Waals surface area (Å²) in [6, 6.07) is 11.9. The van der Waals surface area contributed by atoms with Crippen molar-refractivity contribution in [1.29, 1.82) is 0 Å². The van der Waals surface area contributed by atoms with E-state index in [1.54, 1.807) is 44.2 Å². The van der Waals surface area contributed by atoms with Crippen LogP contribution < -0.4 is 15.8 Å². The average Bonchev–Trinajstić information content (AvgIpc) is 2.56. The van der Waals surface area contributed by atoms with Gasteiger partial charge in [-0.25, -0.2) is 8.42 Å². The molecule has 0 radical (unpaired) electrons. The molecule has 2 aromatic rings. The molecule has 0 aliphatic heterocycles. The highest BCUT2D eigenvalue weighted by atomic mass is 32.2. The van der Waals surface area contributed by atoms with Crippen molar-refractivity contribution in [2.24, 2.45) is 5.73 Å². The van der Waals surface area contributed by atoms with Crippen LogP contribution in [0.3, 0.4) is 0 Å². The molecular formula is C20H27N3O3S. The second kappa shape index (κ2) is 8.10. The van der Waals surface area contributed by atoms with Gasteiger partial charge < -0.3 is 11.1 Å². The molecule has 0 aliphatic carbocycles. The van der Waals surface area contributed by atoms with E-state index < -0.39 is 15.6 Å². The molecule has 27 heavy (non-hydrogen) atoms. The fourth-order valence-corrected chi connectivity index (χ4v) is 4.11. The SMILES string of the molecule is CCCC(C)(N)C(=O)Nc1ccc(C)c(S(=O)(=O)Nc2cccc(C)c2)c1. The molecular weight excluding hydrogens is 362 g/mol. The van der Waals surface area contributed by atoms with Crippen molar-refractivity contribution in [1.82, 2.24) is 0 Å². The van der Waals surface area contributed by atoms with E-state index in [1.165, 1.54) is 6.07 Å². The molecule has 0 spiro atoms. The molecule has 0 heterocycles. The van der Waals surface area contributed by atoms with Crippen LogP contribution in [0, 0.1) is 13.8 Å². The number of aryl methyl sites for hydroxylation is 2. The highest BCUT2D eigenvalue weighted by Gasteiger charge is 2.27. The smallest absolute Gasteiger partial charge is 0.262 e. The minimum absolute atomic E-state index is 0.107. The summed E-state index contributed by atoms with van der Waals surface area (Å²) in [6.07, 6.45) is 1.30. The lowest BCUT2D eigenvalue weighted by molar-refractivity contribution is -0.120. The second-order valence-electron chi connectivity index (χ2n) is 7.08. The van der Waals surface area contributed by atoms with Crippen LogP contribution in [0.1, 0.15) is 37.8 Å². The monoisotopic (exact) mass is 389 g/mol. The summed E-state index contributed by atoms with van der Waals surface area (Å²) in [4.78, 5) is 12.5. The topological polar surface area (TPSA) is 101 Å². The van der Waals surface area contributed by atoms with Gasteiger partial charge in [0.25, 0.3) is 10.0 Å². The van der Waals surface area contributed by atoms with E-state index in [0.717, 1.165) is 12.0 Å². The van der Waals surface area contributed by atoms with E-state index in [2.05, 4.69) is 10.0 Å². The summed E-state index contributed by atoms with van der Waals surface area (Å²) in [5.41, 5.74) is 7.44. The van der Waals surface area contributed by atoms with Crippen LogP contribution in [-0.4, -0.2) is 19.9 Å². The maximum atomic E-state index is 12.8. The summed E-state index contributed by atoms with van der Waals surface area (Å²) in [5, 5.41) is 2.72. The fourth-order valence-electron chi connectivity index (χ4n) is 2.79. The third-order valence-corrected chi connectivity index (χ3v) is 5.82. The van der Waals surface area contributed by atoms with Crippen molar-refractivity contribution >= 4 is 27.3 Å².